The van der Waals surface area contributed by atoms with Gasteiger partial charge in [-0.25, -0.2) is 4.79 Å². The van der Waals surface area contributed by atoms with Crippen molar-refractivity contribution in [3.8, 4) is 12.5 Å². The highest BCUT2D eigenvalue weighted by Crippen LogP contribution is 2.24. The van der Waals surface area contributed by atoms with Crippen LogP contribution in [0.3, 0.4) is 0 Å². The number of nitrogens with zero attached hydrogens (tertiary/aromatic N) is 1. The van der Waals surface area contributed by atoms with Crippen molar-refractivity contribution >= 4 is 17.9 Å². The predicted molar refractivity (Wildman–Crippen MR) is 130 cm³/mol. The van der Waals surface area contributed by atoms with Gasteiger partial charge in [0.1, 0.15) is 17.7 Å². The number of terminal acetylenes is 1. The van der Waals surface area contributed by atoms with Crippen LogP contribution in [0.1, 0.15) is 78.8 Å². The third-order valence-electron chi connectivity index (χ3n) is 5.23. The molecule has 0 heterocycles. The molecule has 0 saturated carbocycles. The van der Waals surface area contributed by atoms with Gasteiger partial charge in [0.15, 0.2) is 0 Å². The molecule has 1 aromatic rings. The summed E-state index contributed by atoms with van der Waals surface area (Å²) >= 11 is 0. The Morgan fingerprint density at radius 3 is 2.27 bits per heavy atom. The normalized spacial score (nSPS) is 13.7. The molecular weight excluding hydrogens is 418 g/mol. The lowest BCUT2D eigenvalue weighted by atomic mass is 9.96. The van der Waals surface area contributed by atoms with E-state index >= 15 is 0 Å². The van der Waals surface area contributed by atoms with Crippen molar-refractivity contribution in [2.75, 3.05) is 6.54 Å². The molecule has 0 aliphatic carbocycles. The first-order chi connectivity index (χ1) is 15.6. The fraction of sp³-hybridized carbons (Fsp3) is 0.577. The summed E-state index contributed by atoms with van der Waals surface area (Å²) in [6.45, 7) is 11.6. The Morgan fingerprint density at radius 2 is 1.76 bits per heavy atom. The number of rotatable bonds is 11. The third kappa shape index (κ3) is 9.17. The van der Waals surface area contributed by atoms with Crippen LogP contribution in [0, 0.1) is 18.4 Å². The molecule has 2 N–H and O–H groups in total. The summed E-state index contributed by atoms with van der Waals surface area (Å²) in [5, 5.41) is 5.56. The van der Waals surface area contributed by atoms with Crippen LogP contribution in [0.2, 0.25) is 0 Å². The third-order valence-corrected chi connectivity index (χ3v) is 5.23. The predicted octanol–water partition coefficient (Wildman–Crippen LogP) is 4.39. The number of carbonyl (C=O) groups excluding carboxylic acids is 3. The van der Waals surface area contributed by atoms with Gasteiger partial charge in [-0.3, -0.25) is 14.5 Å². The number of hydrogen-bond acceptors (Lipinski definition) is 4. The van der Waals surface area contributed by atoms with Crippen molar-refractivity contribution < 1.29 is 19.1 Å². The van der Waals surface area contributed by atoms with Gasteiger partial charge in [0.25, 0.3) is 5.91 Å². The Kier molecular flexibility index (Phi) is 11.5. The van der Waals surface area contributed by atoms with Crippen LogP contribution in [0.25, 0.3) is 0 Å². The van der Waals surface area contributed by atoms with Gasteiger partial charge in [-0.1, -0.05) is 76.8 Å². The maximum absolute atomic E-state index is 13.6. The number of carbonyl (C=O) groups is 3. The maximum atomic E-state index is 13.6. The molecular formula is C26H39N3O4. The number of unbranched alkanes of at least 4 members (excludes halogenated alkanes) is 2. The average molecular weight is 458 g/mol. The minimum Gasteiger partial charge on any atom is -0.444 e. The Morgan fingerprint density at radius 1 is 1.12 bits per heavy atom. The summed E-state index contributed by atoms with van der Waals surface area (Å²) in [6.07, 6.45) is 8.53. The fourth-order valence-electron chi connectivity index (χ4n) is 3.27. The smallest absolute Gasteiger partial charge is 0.408 e. The number of nitrogens with one attached hydrogen (secondary N) is 2. The highest BCUT2D eigenvalue weighted by atomic mass is 16.6. The van der Waals surface area contributed by atoms with Crippen LogP contribution in [0.15, 0.2) is 30.3 Å². The van der Waals surface area contributed by atoms with Crippen molar-refractivity contribution in [1.82, 2.24) is 15.5 Å². The van der Waals surface area contributed by atoms with E-state index in [2.05, 4.69) is 23.6 Å². The molecule has 0 aromatic heterocycles. The number of alkyl carbamates (subject to hydrolysis) is 1. The van der Waals surface area contributed by atoms with Gasteiger partial charge >= 0.3 is 6.09 Å². The van der Waals surface area contributed by atoms with Gasteiger partial charge in [-0.2, -0.15) is 0 Å². The van der Waals surface area contributed by atoms with E-state index in [0.29, 0.717) is 18.5 Å². The Balaban J connectivity index is 3.24. The highest BCUT2D eigenvalue weighted by Gasteiger charge is 2.37. The number of benzene rings is 1. The molecule has 7 nitrogen and oxygen atoms in total. The number of amides is 3. The largest absolute Gasteiger partial charge is 0.444 e. The SMILES string of the molecule is C#CN(C(=O)C(NC(=O)OC(C)(C)C)C(C)CC)C(C(=O)NCCCCC)c1ccccc1. The van der Waals surface area contributed by atoms with E-state index in [-0.39, 0.29) is 11.8 Å². The van der Waals surface area contributed by atoms with Crippen LogP contribution >= 0.6 is 0 Å². The summed E-state index contributed by atoms with van der Waals surface area (Å²) in [4.78, 5) is 40.3. The van der Waals surface area contributed by atoms with E-state index < -0.39 is 29.7 Å². The first kappa shape index (κ1) is 28.0. The molecule has 0 aliphatic rings. The van der Waals surface area contributed by atoms with Crippen molar-refractivity contribution in [3.63, 3.8) is 0 Å². The fourth-order valence-corrected chi connectivity index (χ4v) is 3.27. The summed E-state index contributed by atoms with van der Waals surface area (Å²) in [6, 6.07) is 9.35. The molecule has 0 radical (unpaired) electrons. The second-order valence-electron chi connectivity index (χ2n) is 9.16. The molecule has 3 unspecified atom stereocenters. The minimum atomic E-state index is -1.02. The molecule has 0 saturated heterocycles. The molecule has 3 amide bonds. The van der Waals surface area contributed by atoms with E-state index in [1.807, 2.05) is 19.9 Å². The zero-order valence-corrected chi connectivity index (χ0v) is 20.8. The number of hydrogen-bond donors (Lipinski definition) is 2. The molecule has 182 valence electrons. The van der Waals surface area contributed by atoms with Crippen LogP contribution in [0.4, 0.5) is 4.79 Å². The van der Waals surface area contributed by atoms with E-state index in [1.165, 1.54) is 0 Å². The second kappa shape index (κ2) is 13.5. The Bertz CT molecular complexity index is 811. The zero-order chi connectivity index (χ0) is 25.0. The molecule has 3 atom stereocenters. The molecule has 1 rings (SSSR count). The lowest BCUT2D eigenvalue weighted by Crippen LogP contribution is -2.54. The van der Waals surface area contributed by atoms with Crippen LogP contribution in [0.5, 0.6) is 0 Å². The molecule has 7 heteroatoms. The van der Waals surface area contributed by atoms with Gasteiger partial charge in [0.2, 0.25) is 5.91 Å². The molecule has 0 aliphatic heterocycles. The summed E-state index contributed by atoms with van der Waals surface area (Å²) in [5.74, 6) is -1.12. The van der Waals surface area contributed by atoms with Crippen LogP contribution < -0.4 is 10.6 Å². The zero-order valence-electron chi connectivity index (χ0n) is 20.8. The molecule has 0 fully saturated rings. The Labute approximate surface area is 198 Å². The highest BCUT2D eigenvalue weighted by molar-refractivity contribution is 5.93. The van der Waals surface area contributed by atoms with Gasteiger partial charge in [0, 0.05) is 12.6 Å². The topological polar surface area (TPSA) is 87.7 Å². The maximum Gasteiger partial charge on any atom is 0.408 e. The van der Waals surface area contributed by atoms with Crippen molar-refractivity contribution in [2.45, 2.75) is 84.9 Å². The lowest BCUT2D eigenvalue weighted by Gasteiger charge is -2.32. The quantitative estimate of drug-likeness (QED) is 0.293. The molecule has 33 heavy (non-hydrogen) atoms. The monoisotopic (exact) mass is 457 g/mol. The van der Waals surface area contributed by atoms with E-state index in [9.17, 15) is 14.4 Å². The first-order valence-electron chi connectivity index (χ1n) is 11.7. The molecule has 0 bridgehead atoms. The van der Waals surface area contributed by atoms with E-state index in [4.69, 9.17) is 11.2 Å². The van der Waals surface area contributed by atoms with E-state index in [1.54, 1.807) is 45.0 Å². The standard InChI is InChI=1S/C26H39N3O4/c1-8-11-15-18-27-23(30)22(20-16-13-12-14-17-20)29(10-3)24(31)21(19(4)9-2)28-25(32)33-26(5,6)7/h3,12-14,16-17,19,21-22H,8-9,11,15,18H2,1-2,4-7H3,(H,27,30)(H,28,32). The average Bonchev–Trinajstić information content (AvgIpc) is 2.77. The van der Waals surface area contributed by atoms with Gasteiger partial charge in [-0.05, 0) is 38.7 Å². The lowest BCUT2D eigenvalue weighted by molar-refractivity contribution is -0.139. The summed E-state index contributed by atoms with van der Waals surface area (Å²) < 4.78 is 5.34. The van der Waals surface area contributed by atoms with E-state index in [0.717, 1.165) is 24.2 Å². The molecule has 0 spiro atoms. The Hall–Kier alpha value is -3.01. The van der Waals surface area contributed by atoms with Crippen molar-refractivity contribution in [2.24, 2.45) is 5.92 Å². The minimum absolute atomic E-state index is 0.232. The van der Waals surface area contributed by atoms with Gasteiger partial charge in [0.05, 0.1) is 0 Å². The van der Waals surface area contributed by atoms with Crippen molar-refractivity contribution in [1.29, 1.82) is 0 Å². The first-order valence-corrected chi connectivity index (χ1v) is 11.7. The summed E-state index contributed by atoms with van der Waals surface area (Å²) in [7, 11) is 0. The number of ether oxygens (including phenoxy) is 1. The second-order valence-corrected chi connectivity index (χ2v) is 9.16. The molecule has 1 aromatic carbocycles. The van der Waals surface area contributed by atoms with Crippen LogP contribution in [-0.4, -0.2) is 41.0 Å². The summed E-state index contributed by atoms with van der Waals surface area (Å²) in [5.41, 5.74) is -0.124. The van der Waals surface area contributed by atoms with Crippen molar-refractivity contribution in [3.05, 3.63) is 35.9 Å². The van der Waals surface area contributed by atoms with Crippen LogP contribution in [-0.2, 0) is 14.3 Å². The van der Waals surface area contributed by atoms with Gasteiger partial charge in [-0.15, -0.1) is 0 Å². The van der Waals surface area contributed by atoms with Gasteiger partial charge < -0.3 is 15.4 Å².